The summed E-state index contributed by atoms with van der Waals surface area (Å²) in [6.45, 7) is 2.40. The molecule has 118 valence electrons. The number of sulfonamides is 1. The second kappa shape index (κ2) is 6.68. The van der Waals surface area contributed by atoms with E-state index in [4.69, 9.17) is 5.11 Å². The molecule has 0 saturated carbocycles. The van der Waals surface area contributed by atoms with E-state index in [1.54, 1.807) is 0 Å². The average Bonchev–Trinajstić information content (AvgIpc) is 2.63. The Labute approximate surface area is 121 Å². The first kappa shape index (κ1) is 17.1. The van der Waals surface area contributed by atoms with Crippen molar-refractivity contribution in [2.75, 3.05) is 13.7 Å². The second-order valence-corrected chi connectivity index (χ2v) is 5.98. The number of ether oxygens (including phenoxy) is 1. The summed E-state index contributed by atoms with van der Waals surface area (Å²) in [5, 5.41) is 12.6. The lowest BCUT2D eigenvalue weighted by molar-refractivity contribution is -0.140. The number of carboxylic acids is 1. The van der Waals surface area contributed by atoms with Crippen molar-refractivity contribution in [2.45, 2.75) is 31.7 Å². The van der Waals surface area contributed by atoms with Gasteiger partial charge in [-0.3, -0.25) is 14.3 Å². The van der Waals surface area contributed by atoms with Gasteiger partial charge in [0.1, 0.15) is 11.4 Å². The van der Waals surface area contributed by atoms with E-state index in [0.717, 1.165) is 4.68 Å². The molecule has 0 atom stereocenters. The summed E-state index contributed by atoms with van der Waals surface area (Å²) in [7, 11) is -2.67. The van der Waals surface area contributed by atoms with Crippen molar-refractivity contribution in [3.8, 4) is 0 Å². The van der Waals surface area contributed by atoms with Crippen LogP contribution in [-0.2, 0) is 30.9 Å². The van der Waals surface area contributed by atoms with Crippen LogP contribution in [0.15, 0.2) is 4.90 Å². The van der Waals surface area contributed by atoms with Crippen LogP contribution in [0.4, 0.5) is 0 Å². The molecule has 10 heteroatoms. The molecule has 0 unspecified atom stereocenters. The Balaban J connectivity index is 2.95. The zero-order chi connectivity index (χ0) is 16.2. The number of aliphatic carboxylic acids is 1. The number of methoxy groups -OCH3 is 1. The van der Waals surface area contributed by atoms with Crippen LogP contribution in [-0.4, -0.2) is 48.9 Å². The molecule has 0 aliphatic carbocycles. The molecular weight excluding hydrogens is 302 g/mol. The maximum absolute atomic E-state index is 12.2. The van der Waals surface area contributed by atoms with Gasteiger partial charge in [-0.05, 0) is 13.8 Å². The van der Waals surface area contributed by atoms with Crippen molar-refractivity contribution in [1.29, 1.82) is 0 Å². The molecule has 0 saturated heterocycles. The Kier molecular flexibility index (Phi) is 5.44. The lowest BCUT2D eigenvalue weighted by Crippen LogP contribution is -2.27. The number of hydrogen-bond acceptors (Lipinski definition) is 6. The number of nitrogens with one attached hydrogen (secondary N) is 1. The van der Waals surface area contributed by atoms with Crippen molar-refractivity contribution in [2.24, 2.45) is 0 Å². The van der Waals surface area contributed by atoms with Gasteiger partial charge in [0.05, 0.1) is 24.9 Å². The highest BCUT2D eigenvalue weighted by atomic mass is 32.2. The SMILES string of the molecule is COC(=O)CCNS(=O)(=O)c1c(C)nn(CC(=O)O)c1C. The highest BCUT2D eigenvalue weighted by Crippen LogP contribution is 2.19. The van der Waals surface area contributed by atoms with E-state index < -0.39 is 28.5 Å². The van der Waals surface area contributed by atoms with Crippen LogP contribution in [0.25, 0.3) is 0 Å². The summed E-state index contributed by atoms with van der Waals surface area (Å²) < 4.78 is 32.1. The van der Waals surface area contributed by atoms with E-state index in [9.17, 15) is 18.0 Å². The minimum atomic E-state index is -3.87. The van der Waals surface area contributed by atoms with Crippen molar-refractivity contribution < 1.29 is 27.9 Å². The number of aromatic nitrogens is 2. The maximum Gasteiger partial charge on any atom is 0.325 e. The number of nitrogens with zero attached hydrogens (tertiary/aromatic N) is 2. The monoisotopic (exact) mass is 319 g/mol. The minimum absolute atomic E-state index is 0.0754. The first-order chi connectivity index (χ1) is 9.69. The molecule has 0 spiro atoms. The van der Waals surface area contributed by atoms with E-state index in [0.29, 0.717) is 0 Å². The summed E-state index contributed by atoms with van der Waals surface area (Å²) in [6, 6.07) is 0. The maximum atomic E-state index is 12.2. The third-order valence-electron chi connectivity index (χ3n) is 2.72. The Morgan fingerprint density at radius 2 is 2.00 bits per heavy atom. The molecule has 0 aliphatic heterocycles. The number of hydrogen-bond donors (Lipinski definition) is 2. The highest BCUT2D eigenvalue weighted by molar-refractivity contribution is 7.89. The molecule has 1 aromatic heterocycles. The van der Waals surface area contributed by atoms with Crippen molar-refractivity contribution in [1.82, 2.24) is 14.5 Å². The van der Waals surface area contributed by atoms with Crippen LogP contribution in [0.1, 0.15) is 17.8 Å². The predicted octanol–water partition coefficient (Wildman–Crippen LogP) is -0.574. The molecule has 1 heterocycles. The van der Waals surface area contributed by atoms with Gasteiger partial charge in [0, 0.05) is 6.54 Å². The standard InChI is InChI=1S/C11H17N3O6S/c1-7-11(8(2)14(13-7)6-9(15)16)21(18,19)12-5-4-10(17)20-3/h12H,4-6H2,1-3H3,(H,15,16). The minimum Gasteiger partial charge on any atom is -0.480 e. The van der Waals surface area contributed by atoms with Gasteiger partial charge in [0.2, 0.25) is 10.0 Å². The van der Waals surface area contributed by atoms with Gasteiger partial charge < -0.3 is 9.84 Å². The fourth-order valence-electron chi connectivity index (χ4n) is 1.81. The quantitative estimate of drug-likeness (QED) is 0.644. The largest absolute Gasteiger partial charge is 0.480 e. The molecule has 1 aromatic rings. The van der Waals surface area contributed by atoms with Crippen molar-refractivity contribution >= 4 is 22.0 Å². The van der Waals surface area contributed by atoms with Crippen LogP contribution in [0, 0.1) is 13.8 Å². The molecule has 0 fully saturated rings. The third-order valence-corrected chi connectivity index (χ3v) is 4.43. The average molecular weight is 319 g/mol. The molecule has 0 aliphatic rings. The van der Waals surface area contributed by atoms with Gasteiger partial charge in [0.25, 0.3) is 0 Å². The number of esters is 1. The molecule has 0 aromatic carbocycles. The van der Waals surface area contributed by atoms with Crippen molar-refractivity contribution in [3.63, 3.8) is 0 Å². The highest BCUT2D eigenvalue weighted by Gasteiger charge is 2.25. The van der Waals surface area contributed by atoms with Crippen LogP contribution in [0.5, 0.6) is 0 Å². The summed E-state index contributed by atoms with van der Waals surface area (Å²) >= 11 is 0. The molecule has 1 rings (SSSR count). The molecule has 9 nitrogen and oxygen atoms in total. The number of rotatable bonds is 7. The van der Waals surface area contributed by atoms with Crippen molar-refractivity contribution in [3.05, 3.63) is 11.4 Å². The van der Waals surface area contributed by atoms with E-state index in [2.05, 4.69) is 14.6 Å². The first-order valence-electron chi connectivity index (χ1n) is 6.01. The van der Waals surface area contributed by atoms with Crippen LogP contribution in [0.2, 0.25) is 0 Å². The number of carbonyl (C=O) groups is 2. The van der Waals surface area contributed by atoms with Crippen LogP contribution in [0.3, 0.4) is 0 Å². The fourth-order valence-corrected chi connectivity index (χ4v) is 3.25. The smallest absolute Gasteiger partial charge is 0.325 e. The number of carboxylic acid groups (broad SMARTS) is 1. The zero-order valence-electron chi connectivity index (χ0n) is 11.9. The summed E-state index contributed by atoms with van der Waals surface area (Å²) in [4.78, 5) is 21.6. The summed E-state index contributed by atoms with van der Waals surface area (Å²) in [5.74, 6) is -1.66. The van der Waals surface area contributed by atoms with Gasteiger partial charge in [-0.2, -0.15) is 5.10 Å². The third kappa shape index (κ3) is 4.26. The Hall–Kier alpha value is -1.94. The second-order valence-electron chi connectivity index (χ2n) is 4.28. The zero-order valence-corrected chi connectivity index (χ0v) is 12.7. The molecule has 0 radical (unpaired) electrons. The van der Waals surface area contributed by atoms with Crippen LogP contribution < -0.4 is 4.72 Å². The molecule has 0 amide bonds. The summed E-state index contributed by atoms with van der Waals surface area (Å²) in [5.41, 5.74) is 0.416. The lowest BCUT2D eigenvalue weighted by atomic mass is 10.4. The molecule has 21 heavy (non-hydrogen) atoms. The topological polar surface area (TPSA) is 128 Å². The Morgan fingerprint density at radius 1 is 1.38 bits per heavy atom. The summed E-state index contributed by atoms with van der Waals surface area (Å²) in [6.07, 6.45) is -0.100. The predicted molar refractivity (Wildman–Crippen MR) is 71.2 cm³/mol. The van der Waals surface area contributed by atoms with Gasteiger partial charge in [-0.25, -0.2) is 13.1 Å². The molecule has 2 N–H and O–H groups in total. The number of carbonyl (C=O) groups excluding carboxylic acids is 1. The van der Waals surface area contributed by atoms with Gasteiger partial charge >= 0.3 is 11.9 Å². The normalized spacial score (nSPS) is 11.4. The molecule has 0 bridgehead atoms. The lowest BCUT2D eigenvalue weighted by Gasteiger charge is -2.07. The van der Waals surface area contributed by atoms with E-state index in [-0.39, 0.29) is 29.2 Å². The van der Waals surface area contributed by atoms with Crippen LogP contribution >= 0.6 is 0 Å². The van der Waals surface area contributed by atoms with E-state index in [1.807, 2.05) is 0 Å². The fraction of sp³-hybridized carbons (Fsp3) is 0.545. The Bertz CT molecular complexity index is 649. The van der Waals surface area contributed by atoms with Gasteiger partial charge in [-0.1, -0.05) is 0 Å². The van der Waals surface area contributed by atoms with Gasteiger partial charge in [-0.15, -0.1) is 0 Å². The first-order valence-corrected chi connectivity index (χ1v) is 7.49. The van der Waals surface area contributed by atoms with Gasteiger partial charge in [0.15, 0.2) is 0 Å². The van der Waals surface area contributed by atoms with E-state index >= 15 is 0 Å². The molecular formula is C11H17N3O6S. The van der Waals surface area contributed by atoms with E-state index in [1.165, 1.54) is 21.0 Å². The number of aryl methyl sites for hydroxylation is 1. The Morgan fingerprint density at radius 3 is 2.52 bits per heavy atom.